The van der Waals surface area contributed by atoms with Gasteiger partial charge in [-0.1, -0.05) is 30.3 Å². The van der Waals surface area contributed by atoms with E-state index in [9.17, 15) is 8.42 Å². The maximum absolute atomic E-state index is 12.6. The Bertz CT molecular complexity index is 577. The second-order valence-corrected chi connectivity index (χ2v) is 9.74. The van der Waals surface area contributed by atoms with Crippen molar-refractivity contribution >= 4 is 9.84 Å². The highest BCUT2D eigenvalue weighted by atomic mass is 32.2. The standard InChI is InChI=1S/C18H24O2S/c19-21(20,11-13-4-2-1-3-5-13)12-18-16-7-14-6-15(9-16)10-17(18)8-14/h1-5,14-18H,6-12H2. The molecular weight excluding hydrogens is 280 g/mol. The summed E-state index contributed by atoms with van der Waals surface area (Å²) in [5.41, 5.74) is 0.932. The van der Waals surface area contributed by atoms with E-state index in [0.29, 0.717) is 23.5 Å². The smallest absolute Gasteiger partial charge is 0.154 e. The van der Waals surface area contributed by atoms with Crippen LogP contribution in [0.25, 0.3) is 0 Å². The van der Waals surface area contributed by atoms with Crippen LogP contribution in [0, 0.1) is 29.6 Å². The summed E-state index contributed by atoms with van der Waals surface area (Å²) in [6.45, 7) is 0. The monoisotopic (exact) mass is 304 g/mol. The van der Waals surface area contributed by atoms with Gasteiger partial charge in [0, 0.05) is 0 Å². The summed E-state index contributed by atoms with van der Waals surface area (Å²) in [4.78, 5) is 0. The molecule has 21 heavy (non-hydrogen) atoms. The van der Waals surface area contributed by atoms with E-state index < -0.39 is 9.84 Å². The van der Waals surface area contributed by atoms with Gasteiger partial charge in [-0.05, 0) is 67.3 Å². The average Bonchev–Trinajstić information content (AvgIpc) is 2.43. The molecule has 0 atom stereocenters. The minimum atomic E-state index is -2.98. The van der Waals surface area contributed by atoms with Crippen LogP contribution in [-0.4, -0.2) is 14.2 Å². The third-order valence-electron chi connectivity index (χ3n) is 6.10. The highest BCUT2D eigenvalue weighted by Crippen LogP contribution is 2.56. The van der Waals surface area contributed by atoms with Crippen LogP contribution in [0.1, 0.15) is 37.7 Å². The lowest BCUT2D eigenvalue weighted by molar-refractivity contribution is -0.0268. The fourth-order valence-corrected chi connectivity index (χ4v) is 7.44. The Hall–Kier alpha value is -0.830. The first kappa shape index (κ1) is 13.8. The molecule has 4 saturated carbocycles. The SMILES string of the molecule is O=S(=O)(Cc1ccccc1)CC1C2CC3CC(C2)CC1C3. The highest BCUT2D eigenvalue weighted by Gasteiger charge is 2.49. The van der Waals surface area contributed by atoms with Crippen LogP contribution in [0.3, 0.4) is 0 Å². The van der Waals surface area contributed by atoms with Gasteiger partial charge in [0.25, 0.3) is 0 Å². The summed E-state index contributed by atoms with van der Waals surface area (Å²) in [7, 11) is -2.98. The molecule has 4 aliphatic carbocycles. The molecule has 0 spiro atoms. The Morgan fingerprint density at radius 2 is 1.43 bits per heavy atom. The van der Waals surface area contributed by atoms with Crippen LogP contribution in [0.2, 0.25) is 0 Å². The van der Waals surface area contributed by atoms with E-state index in [1.54, 1.807) is 0 Å². The van der Waals surface area contributed by atoms with Crippen molar-refractivity contribution in [1.29, 1.82) is 0 Å². The van der Waals surface area contributed by atoms with E-state index in [4.69, 9.17) is 0 Å². The van der Waals surface area contributed by atoms with E-state index in [1.807, 2.05) is 30.3 Å². The average molecular weight is 304 g/mol. The van der Waals surface area contributed by atoms with Gasteiger partial charge in [-0.25, -0.2) is 8.42 Å². The van der Waals surface area contributed by atoms with Crippen LogP contribution in [-0.2, 0) is 15.6 Å². The van der Waals surface area contributed by atoms with Gasteiger partial charge in [0.05, 0.1) is 11.5 Å². The highest BCUT2D eigenvalue weighted by molar-refractivity contribution is 7.90. The zero-order chi connectivity index (χ0) is 14.4. The van der Waals surface area contributed by atoms with E-state index in [0.717, 1.165) is 17.4 Å². The van der Waals surface area contributed by atoms with E-state index >= 15 is 0 Å². The van der Waals surface area contributed by atoms with Gasteiger partial charge in [0.2, 0.25) is 0 Å². The summed E-state index contributed by atoms with van der Waals surface area (Å²) in [5, 5.41) is 0. The lowest BCUT2D eigenvalue weighted by atomic mass is 9.52. The van der Waals surface area contributed by atoms with Crippen LogP contribution in [0.15, 0.2) is 30.3 Å². The lowest BCUT2D eigenvalue weighted by Crippen LogP contribution is -2.47. The van der Waals surface area contributed by atoms with E-state index in [-0.39, 0.29) is 5.75 Å². The number of benzene rings is 1. The van der Waals surface area contributed by atoms with Crippen LogP contribution >= 0.6 is 0 Å². The molecule has 0 aromatic heterocycles. The molecule has 4 aliphatic rings. The molecule has 4 bridgehead atoms. The van der Waals surface area contributed by atoms with Crippen molar-refractivity contribution in [2.75, 3.05) is 5.75 Å². The molecule has 3 heteroatoms. The first-order chi connectivity index (χ1) is 10.1. The number of hydrogen-bond acceptors (Lipinski definition) is 2. The van der Waals surface area contributed by atoms with Crippen LogP contribution in [0.5, 0.6) is 0 Å². The Morgan fingerprint density at radius 1 is 0.857 bits per heavy atom. The summed E-state index contributed by atoms with van der Waals surface area (Å²) in [6, 6.07) is 9.64. The zero-order valence-electron chi connectivity index (χ0n) is 12.4. The summed E-state index contributed by atoms with van der Waals surface area (Å²) >= 11 is 0. The molecule has 0 amide bonds. The number of rotatable bonds is 4. The Morgan fingerprint density at radius 3 is 2.00 bits per heavy atom. The topological polar surface area (TPSA) is 34.1 Å². The van der Waals surface area contributed by atoms with Crippen molar-refractivity contribution in [2.45, 2.75) is 37.9 Å². The summed E-state index contributed by atoms with van der Waals surface area (Å²) < 4.78 is 25.2. The predicted molar refractivity (Wildman–Crippen MR) is 84.5 cm³/mol. The Balaban J connectivity index is 1.48. The summed E-state index contributed by atoms with van der Waals surface area (Å²) in [6.07, 6.45) is 6.64. The molecule has 1 aromatic carbocycles. The maximum atomic E-state index is 12.6. The largest absolute Gasteiger partial charge is 0.228 e. The quantitative estimate of drug-likeness (QED) is 0.850. The van der Waals surface area contributed by atoms with Gasteiger partial charge in [0.1, 0.15) is 0 Å². The first-order valence-electron chi connectivity index (χ1n) is 8.33. The Labute approximate surface area is 127 Å². The second-order valence-electron chi connectivity index (χ2n) is 7.63. The normalized spacial score (nSPS) is 37.8. The van der Waals surface area contributed by atoms with Crippen molar-refractivity contribution in [3.8, 4) is 0 Å². The number of hydrogen-bond donors (Lipinski definition) is 0. The molecule has 2 nitrogen and oxygen atoms in total. The number of sulfone groups is 1. The molecular formula is C18H24O2S. The van der Waals surface area contributed by atoms with Crippen LogP contribution in [0.4, 0.5) is 0 Å². The predicted octanol–water partition coefficient (Wildman–Crippen LogP) is 3.67. The van der Waals surface area contributed by atoms with Gasteiger partial charge >= 0.3 is 0 Å². The minimum Gasteiger partial charge on any atom is -0.228 e. The van der Waals surface area contributed by atoms with Crippen molar-refractivity contribution in [2.24, 2.45) is 29.6 Å². The molecule has 0 unspecified atom stereocenters. The molecule has 1 aromatic rings. The van der Waals surface area contributed by atoms with E-state index in [2.05, 4.69) is 0 Å². The molecule has 114 valence electrons. The summed E-state index contributed by atoms with van der Waals surface area (Å²) in [5.74, 6) is 4.33. The Kier molecular flexibility index (Phi) is 3.36. The van der Waals surface area contributed by atoms with Crippen molar-refractivity contribution in [1.82, 2.24) is 0 Å². The molecule has 0 N–H and O–H groups in total. The molecule has 0 aliphatic heterocycles. The van der Waals surface area contributed by atoms with Gasteiger partial charge in [0.15, 0.2) is 9.84 Å². The third-order valence-corrected chi connectivity index (χ3v) is 7.76. The zero-order valence-corrected chi connectivity index (χ0v) is 13.3. The van der Waals surface area contributed by atoms with Crippen molar-refractivity contribution in [3.05, 3.63) is 35.9 Å². The molecule has 0 radical (unpaired) electrons. The van der Waals surface area contributed by atoms with Gasteiger partial charge in [-0.3, -0.25) is 0 Å². The fraction of sp³-hybridized carbons (Fsp3) is 0.667. The maximum Gasteiger partial charge on any atom is 0.154 e. The molecule has 0 saturated heterocycles. The van der Waals surface area contributed by atoms with Gasteiger partial charge < -0.3 is 0 Å². The van der Waals surface area contributed by atoms with Crippen LogP contribution < -0.4 is 0 Å². The molecule has 0 heterocycles. The first-order valence-corrected chi connectivity index (χ1v) is 10.2. The molecule has 5 rings (SSSR count). The van der Waals surface area contributed by atoms with Gasteiger partial charge in [-0.15, -0.1) is 0 Å². The third kappa shape index (κ3) is 2.77. The van der Waals surface area contributed by atoms with Crippen molar-refractivity contribution < 1.29 is 8.42 Å². The fourth-order valence-electron chi connectivity index (χ4n) is 5.49. The van der Waals surface area contributed by atoms with Gasteiger partial charge in [-0.2, -0.15) is 0 Å². The lowest BCUT2D eigenvalue weighted by Gasteiger charge is -2.54. The van der Waals surface area contributed by atoms with E-state index in [1.165, 1.54) is 32.1 Å². The second kappa shape index (κ2) is 5.12. The van der Waals surface area contributed by atoms with Crippen molar-refractivity contribution in [3.63, 3.8) is 0 Å². The minimum absolute atomic E-state index is 0.219. The molecule has 4 fully saturated rings.